The van der Waals surface area contributed by atoms with Crippen LogP contribution in [-0.2, 0) is 42.4 Å². The van der Waals surface area contributed by atoms with Crippen LogP contribution >= 0.6 is 24.0 Å². The van der Waals surface area contributed by atoms with E-state index in [1.165, 1.54) is 9.80 Å². The molecule has 0 bridgehead atoms. The summed E-state index contributed by atoms with van der Waals surface area (Å²) in [7, 11) is -4.66. The lowest BCUT2D eigenvalue weighted by Crippen LogP contribution is -2.58. The van der Waals surface area contributed by atoms with Crippen LogP contribution < -0.4 is 15.8 Å². The first-order valence-corrected chi connectivity index (χ1v) is 18.2. The van der Waals surface area contributed by atoms with Crippen molar-refractivity contribution >= 4 is 58.0 Å². The van der Waals surface area contributed by atoms with Crippen molar-refractivity contribution in [3.05, 3.63) is 52.2 Å². The molecule has 274 valence electrons. The van der Waals surface area contributed by atoms with Gasteiger partial charge >= 0.3 is 16.3 Å². The SMILES string of the molecule is Cl.N[C@H]1CCCCCC=C=C[C@@H]2C[C@@]2(C(=O)NS(=O)(=O)N2CCC(F)(F)C2)NC(=O)[C@@H]2C[C@@H](OC(=O)N3Cc4cccc(Cl)c4C3)CN2C1=O. The van der Waals surface area contributed by atoms with Crippen molar-refractivity contribution in [2.45, 2.75) is 94.1 Å². The zero-order chi connectivity index (χ0) is 35.1. The summed E-state index contributed by atoms with van der Waals surface area (Å²) in [6.45, 7) is -1.16. The Bertz CT molecular complexity index is 1710. The van der Waals surface area contributed by atoms with Crippen LogP contribution in [0.2, 0.25) is 5.02 Å². The largest absolute Gasteiger partial charge is 0.444 e. The molecule has 18 heteroatoms. The second kappa shape index (κ2) is 14.8. The predicted octanol–water partition coefficient (Wildman–Crippen LogP) is 2.76. The highest BCUT2D eigenvalue weighted by molar-refractivity contribution is 7.87. The van der Waals surface area contributed by atoms with Crippen LogP contribution in [-0.4, -0.2) is 95.6 Å². The Labute approximate surface area is 300 Å². The van der Waals surface area contributed by atoms with Gasteiger partial charge in [0.15, 0.2) is 0 Å². The van der Waals surface area contributed by atoms with Gasteiger partial charge in [-0.1, -0.05) is 36.6 Å². The molecule has 5 aliphatic rings. The average molecular weight is 762 g/mol. The first-order chi connectivity index (χ1) is 23.2. The lowest BCUT2D eigenvalue weighted by molar-refractivity contribution is -0.140. The van der Waals surface area contributed by atoms with E-state index in [1.807, 2.05) is 10.8 Å². The number of hydrogen-bond donors (Lipinski definition) is 3. The second-order valence-electron chi connectivity index (χ2n) is 13.4. The minimum atomic E-state index is -4.66. The fourth-order valence-electron chi connectivity index (χ4n) is 6.93. The van der Waals surface area contributed by atoms with Crippen molar-refractivity contribution in [1.82, 2.24) is 24.1 Å². The molecule has 3 fully saturated rings. The molecule has 5 atom stereocenters. The zero-order valence-electron chi connectivity index (χ0n) is 27.1. The molecular formula is C32H40Cl2F2N6O7S. The Kier molecular flexibility index (Phi) is 11.2. The van der Waals surface area contributed by atoms with Gasteiger partial charge in [0.05, 0.1) is 25.7 Å². The Morgan fingerprint density at radius 1 is 1.16 bits per heavy atom. The molecule has 6 rings (SSSR count). The van der Waals surface area contributed by atoms with Gasteiger partial charge in [0.1, 0.15) is 17.7 Å². The van der Waals surface area contributed by atoms with E-state index >= 15 is 0 Å². The monoisotopic (exact) mass is 760 g/mol. The number of benzene rings is 1. The molecule has 0 radical (unpaired) electrons. The minimum Gasteiger partial charge on any atom is -0.444 e. The van der Waals surface area contributed by atoms with E-state index in [0.717, 1.165) is 24.0 Å². The van der Waals surface area contributed by atoms with E-state index in [-0.39, 0.29) is 44.9 Å². The van der Waals surface area contributed by atoms with Crippen molar-refractivity contribution < 1.29 is 41.1 Å². The number of nitrogens with two attached hydrogens (primary N) is 1. The van der Waals surface area contributed by atoms with Gasteiger partial charge in [-0.25, -0.2) is 18.3 Å². The highest BCUT2D eigenvalue weighted by Gasteiger charge is 2.62. The number of ether oxygens (including phenoxy) is 1. The molecule has 1 aromatic rings. The second-order valence-corrected chi connectivity index (χ2v) is 15.5. The number of nitrogens with one attached hydrogen (secondary N) is 2. The summed E-state index contributed by atoms with van der Waals surface area (Å²) in [6, 6.07) is 3.25. The van der Waals surface area contributed by atoms with Crippen molar-refractivity contribution in [1.29, 1.82) is 0 Å². The molecule has 4 amide bonds. The normalized spacial score (nSPS) is 29.8. The Hall–Kier alpha value is -3.27. The maximum atomic E-state index is 14.0. The molecule has 0 aromatic heterocycles. The number of amides is 4. The van der Waals surface area contributed by atoms with E-state index < -0.39 is 89.1 Å². The minimum absolute atomic E-state index is 0. The number of hydrogen-bond acceptors (Lipinski definition) is 8. The summed E-state index contributed by atoms with van der Waals surface area (Å²) in [5.41, 5.74) is 9.23. The maximum Gasteiger partial charge on any atom is 0.410 e. The van der Waals surface area contributed by atoms with Crippen LogP contribution in [0.4, 0.5) is 13.6 Å². The molecule has 13 nitrogen and oxygen atoms in total. The molecule has 0 spiro atoms. The van der Waals surface area contributed by atoms with E-state index in [0.29, 0.717) is 28.6 Å². The topological polar surface area (TPSA) is 171 Å². The molecule has 2 saturated heterocycles. The van der Waals surface area contributed by atoms with Gasteiger partial charge < -0.3 is 20.7 Å². The van der Waals surface area contributed by atoms with Crippen molar-refractivity contribution in [2.24, 2.45) is 11.7 Å². The van der Waals surface area contributed by atoms with Crippen LogP contribution in [0.15, 0.2) is 36.1 Å². The predicted molar refractivity (Wildman–Crippen MR) is 179 cm³/mol. The van der Waals surface area contributed by atoms with Crippen LogP contribution in [0.1, 0.15) is 62.5 Å². The number of alkyl halides is 2. The summed E-state index contributed by atoms with van der Waals surface area (Å²) in [4.78, 5) is 57.2. The number of halogens is 4. The van der Waals surface area contributed by atoms with Gasteiger partial charge in [0, 0.05) is 36.9 Å². The first-order valence-electron chi connectivity index (χ1n) is 16.4. The molecule has 0 unspecified atom stereocenters. The van der Waals surface area contributed by atoms with E-state index in [9.17, 15) is 36.4 Å². The molecule has 1 aromatic carbocycles. The summed E-state index contributed by atoms with van der Waals surface area (Å²) in [5, 5.41) is 3.19. The maximum absolute atomic E-state index is 14.0. The molecule has 4 N–H and O–H groups in total. The molecule has 4 heterocycles. The summed E-state index contributed by atoms with van der Waals surface area (Å²) >= 11 is 6.30. The quantitative estimate of drug-likeness (QED) is 0.394. The van der Waals surface area contributed by atoms with Crippen LogP contribution in [0.5, 0.6) is 0 Å². The van der Waals surface area contributed by atoms with Gasteiger partial charge in [0.2, 0.25) is 11.8 Å². The molecule has 1 aliphatic carbocycles. The van der Waals surface area contributed by atoms with Gasteiger partial charge in [0.25, 0.3) is 11.8 Å². The number of carbonyl (C=O) groups is 4. The highest BCUT2D eigenvalue weighted by atomic mass is 35.5. The summed E-state index contributed by atoms with van der Waals surface area (Å²) in [6.07, 6.45) is 4.30. The Morgan fingerprint density at radius 3 is 2.66 bits per heavy atom. The number of nitrogens with zero attached hydrogens (tertiary/aromatic N) is 3. The number of carbonyl (C=O) groups excluding carboxylic acids is 4. The highest BCUT2D eigenvalue weighted by Crippen LogP contribution is 2.45. The van der Waals surface area contributed by atoms with Crippen molar-refractivity contribution in [3.8, 4) is 0 Å². The third kappa shape index (κ3) is 7.95. The lowest BCUT2D eigenvalue weighted by atomic mass is 10.1. The van der Waals surface area contributed by atoms with Gasteiger partial charge in [-0.15, -0.1) is 18.1 Å². The van der Waals surface area contributed by atoms with Gasteiger partial charge in [-0.05, 0) is 55.0 Å². The standard InChI is InChI=1S/C32H39ClF2N6O7S.ClH/c33-24-10-7-8-20-16-39(18-23(20)24)30(45)48-22-14-26-27(42)37-32(29(44)38-49(46,47)40-13-12-31(34,35)19-40)15-21(32)9-5-3-1-2-4-6-11-25(36)28(43)41(26)17-22;/h3,7-10,21-22,25-26H,1-2,4,6,11-19,36H2,(H,37,42)(H,38,44);1H/t5?,21-,22-,25+,26+,32-;/m1./s1. The molecule has 1 saturated carbocycles. The Balaban J connectivity index is 0.00000486. The molecular weight excluding hydrogens is 721 g/mol. The van der Waals surface area contributed by atoms with E-state index in [2.05, 4.69) is 11.0 Å². The van der Waals surface area contributed by atoms with Crippen molar-refractivity contribution in [2.75, 3.05) is 19.6 Å². The van der Waals surface area contributed by atoms with Gasteiger partial charge in [-0.2, -0.15) is 12.7 Å². The fraction of sp³-hybridized carbons (Fsp3) is 0.594. The van der Waals surface area contributed by atoms with Crippen LogP contribution in [0.25, 0.3) is 0 Å². The summed E-state index contributed by atoms with van der Waals surface area (Å²) < 4.78 is 61.7. The molecule has 4 aliphatic heterocycles. The average Bonchev–Trinajstić information content (AvgIpc) is 3.38. The third-order valence-corrected chi connectivity index (χ3v) is 11.6. The van der Waals surface area contributed by atoms with E-state index in [1.54, 1.807) is 24.3 Å². The fourth-order valence-corrected chi connectivity index (χ4v) is 8.42. The Morgan fingerprint density at radius 2 is 1.94 bits per heavy atom. The van der Waals surface area contributed by atoms with Crippen molar-refractivity contribution in [3.63, 3.8) is 0 Å². The number of rotatable bonds is 4. The van der Waals surface area contributed by atoms with Gasteiger partial charge in [-0.3, -0.25) is 19.3 Å². The van der Waals surface area contributed by atoms with Crippen LogP contribution in [0.3, 0.4) is 0 Å². The summed E-state index contributed by atoms with van der Waals surface area (Å²) in [5.74, 6) is -6.28. The lowest BCUT2D eigenvalue weighted by Gasteiger charge is -2.28. The molecule has 50 heavy (non-hydrogen) atoms. The smallest absolute Gasteiger partial charge is 0.410 e. The first kappa shape index (κ1) is 38.0. The third-order valence-electron chi connectivity index (χ3n) is 9.86. The van der Waals surface area contributed by atoms with Crippen LogP contribution in [0, 0.1) is 5.92 Å². The van der Waals surface area contributed by atoms with E-state index in [4.69, 9.17) is 22.1 Å². The number of fused-ring (bicyclic) bond motifs is 3. The zero-order valence-corrected chi connectivity index (χ0v) is 29.5.